The fraction of sp³-hybridized carbons (Fsp3) is 0.917. The van der Waals surface area contributed by atoms with E-state index < -0.39 is 0 Å². The molecule has 0 aromatic carbocycles. The van der Waals surface area contributed by atoms with Crippen LogP contribution in [0.5, 0.6) is 0 Å². The van der Waals surface area contributed by atoms with Crippen molar-refractivity contribution in [2.75, 3.05) is 0 Å². The van der Waals surface area contributed by atoms with Gasteiger partial charge >= 0.3 is 0 Å². The summed E-state index contributed by atoms with van der Waals surface area (Å²) in [5.41, 5.74) is 0. The molecular formula is C12H23NO. The maximum atomic E-state index is 11.8. The summed E-state index contributed by atoms with van der Waals surface area (Å²) >= 11 is 0. The van der Waals surface area contributed by atoms with Crippen LogP contribution in [0.25, 0.3) is 0 Å². The zero-order valence-electron chi connectivity index (χ0n) is 9.68. The van der Waals surface area contributed by atoms with E-state index in [1.54, 1.807) is 0 Å². The summed E-state index contributed by atoms with van der Waals surface area (Å²) in [5.74, 6) is 1.40. The minimum atomic E-state index is 0.284. The number of carbonyl (C=O) groups excluding carboxylic acids is 1. The summed E-state index contributed by atoms with van der Waals surface area (Å²) in [4.78, 5) is 11.8. The number of amides is 1. The van der Waals surface area contributed by atoms with Crippen LogP contribution in [0.2, 0.25) is 0 Å². The van der Waals surface area contributed by atoms with E-state index in [0.29, 0.717) is 12.0 Å². The van der Waals surface area contributed by atoms with Crippen LogP contribution >= 0.6 is 0 Å². The van der Waals surface area contributed by atoms with Crippen molar-refractivity contribution < 1.29 is 4.79 Å². The zero-order valence-corrected chi connectivity index (χ0v) is 9.68. The number of hydrogen-bond donors (Lipinski definition) is 1. The first-order valence-electron chi connectivity index (χ1n) is 5.93. The molecule has 2 heteroatoms. The van der Waals surface area contributed by atoms with Gasteiger partial charge in [0.15, 0.2) is 0 Å². The van der Waals surface area contributed by atoms with Crippen molar-refractivity contribution in [2.24, 2.45) is 11.8 Å². The van der Waals surface area contributed by atoms with Gasteiger partial charge in [-0.05, 0) is 44.9 Å². The molecule has 0 unspecified atom stereocenters. The number of nitrogens with one attached hydrogen (secondary N) is 1. The second kappa shape index (κ2) is 5.38. The van der Waals surface area contributed by atoms with Crippen LogP contribution in [0.15, 0.2) is 0 Å². The Labute approximate surface area is 87.5 Å². The Morgan fingerprint density at radius 3 is 2.43 bits per heavy atom. The molecule has 0 aliphatic heterocycles. The van der Waals surface area contributed by atoms with E-state index in [2.05, 4.69) is 26.1 Å². The lowest BCUT2D eigenvalue weighted by atomic mass is 9.82. The molecule has 2 nitrogen and oxygen atoms in total. The molecule has 1 atom stereocenters. The molecule has 0 aromatic rings. The molecular weight excluding hydrogens is 174 g/mol. The Bertz CT molecular complexity index is 183. The van der Waals surface area contributed by atoms with Crippen LogP contribution in [0.1, 0.15) is 52.9 Å². The summed E-state index contributed by atoms with van der Waals surface area (Å²) in [6.07, 6.45) is 5.64. The van der Waals surface area contributed by atoms with E-state index in [1.807, 2.05) is 0 Å². The highest BCUT2D eigenvalue weighted by atomic mass is 16.1. The molecule has 0 heterocycles. The summed E-state index contributed by atoms with van der Waals surface area (Å²) in [6, 6.07) is 0.335. The quantitative estimate of drug-likeness (QED) is 0.740. The lowest BCUT2D eigenvalue weighted by Crippen LogP contribution is -2.38. The largest absolute Gasteiger partial charge is 0.353 e. The normalized spacial score (nSPS) is 29.6. The second-order valence-corrected chi connectivity index (χ2v) is 4.77. The molecule has 0 radical (unpaired) electrons. The lowest BCUT2D eigenvalue weighted by Gasteiger charge is -2.26. The van der Waals surface area contributed by atoms with Crippen molar-refractivity contribution in [3.63, 3.8) is 0 Å². The maximum absolute atomic E-state index is 11.8. The summed E-state index contributed by atoms with van der Waals surface area (Å²) in [7, 11) is 0. The molecule has 0 spiro atoms. The average molecular weight is 197 g/mol. The predicted molar refractivity (Wildman–Crippen MR) is 59.0 cm³/mol. The molecule has 0 aromatic heterocycles. The Hall–Kier alpha value is -0.530. The van der Waals surface area contributed by atoms with Gasteiger partial charge < -0.3 is 5.32 Å². The standard InChI is InChI=1S/C12H23NO/c1-4-10(3)13-12(14)11-7-5-9(2)6-8-11/h9-11H,4-8H2,1-3H3,(H,13,14)/t9?,10-,11?/m1/s1. The molecule has 1 fully saturated rings. The molecule has 14 heavy (non-hydrogen) atoms. The molecule has 1 aliphatic rings. The molecule has 1 aliphatic carbocycles. The van der Waals surface area contributed by atoms with E-state index in [0.717, 1.165) is 25.2 Å². The first-order valence-corrected chi connectivity index (χ1v) is 5.93. The molecule has 0 saturated heterocycles. The van der Waals surface area contributed by atoms with Gasteiger partial charge in [-0.1, -0.05) is 13.8 Å². The Balaban J connectivity index is 2.30. The van der Waals surface area contributed by atoms with Crippen molar-refractivity contribution in [2.45, 2.75) is 58.9 Å². The molecule has 1 N–H and O–H groups in total. The predicted octanol–water partition coefficient (Wildman–Crippen LogP) is 2.73. The van der Waals surface area contributed by atoms with E-state index in [9.17, 15) is 4.79 Å². The first kappa shape index (κ1) is 11.5. The van der Waals surface area contributed by atoms with Crippen LogP contribution in [0.4, 0.5) is 0 Å². The minimum absolute atomic E-state index is 0.284. The second-order valence-electron chi connectivity index (χ2n) is 4.77. The first-order chi connectivity index (χ1) is 6.63. The summed E-state index contributed by atoms with van der Waals surface area (Å²) in [5, 5.41) is 3.08. The van der Waals surface area contributed by atoms with E-state index >= 15 is 0 Å². The van der Waals surface area contributed by atoms with E-state index in [-0.39, 0.29) is 5.91 Å². The van der Waals surface area contributed by atoms with Crippen LogP contribution in [-0.4, -0.2) is 11.9 Å². The van der Waals surface area contributed by atoms with Gasteiger partial charge in [0.05, 0.1) is 0 Å². The lowest BCUT2D eigenvalue weighted by molar-refractivity contribution is -0.126. The van der Waals surface area contributed by atoms with Crippen LogP contribution in [0.3, 0.4) is 0 Å². The van der Waals surface area contributed by atoms with Crippen LogP contribution in [0, 0.1) is 11.8 Å². The van der Waals surface area contributed by atoms with Gasteiger partial charge in [-0.3, -0.25) is 4.79 Å². The summed E-state index contributed by atoms with van der Waals surface area (Å²) < 4.78 is 0. The van der Waals surface area contributed by atoms with Crippen molar-refractivity contribution in [3.05, 3.63) is 0 Å². The highest BCUT2D eigenvalue weighted by Crippen LogP contribution is 2.28. The van der Waals surface area contributed by atoms with E-state index in [4.69, 9.17) is 0 Å². The topological polar surface area (TPSA) is 29.1 Å². The monoisotopic (exact) mass is 197 g/mol. The average Bonchev–Trinajstić information content (AvgIpc) is 2.18. The molecule has 0 bridgehead atoms. The van der Waals surface area contributed by atoms with Gasteiger partial charge in [0, 0.05) is 12.0 Å². The third-order valence-electron chi connectivity index (χ3n) is 3.39. The van der Waals surface area contributed by atoms with Crippen molar-refractivity contribution in [1.82, 2.24) is 5.32 Å². The highest BCUT2D eigenvalue weighted by molar-refractivity contribution is 5.78. The third kappa shape index (κ3) is 3.32. The minimum Gasteiger partial charge on any atom is -0.353 e. The van der Waals surface area contributed by atoms with Crippen LogP contribution < -0.4 is 5.32 Å². The van der Waals surface area contributed by atoms with Gasteiger partial charge in [-0.2, -0.15) is 0 Å². The third-order valence-corrected chi connectivity index (χ3v) is 3.39. The Morgan fingerprint density at radius 1 is 1.36 bits per heavy atom. The summed E-state index contributed by atoms with van der Waals surface area (Å²) in [6.45, 7) is 6.46. The SMILES string of the molecule is CC[C@@H](C)NC(=O)C1CCC(C)CC1. The van der Waals surface area contributed by atoms with Crippen LogP contribution in [-0.2, 0) is 4.79 Å². The molecule has 1 amide bonds. The number of rotatable bonds is 3. The van der Waals surface area contributed by atoms with Gasteiger partial charge in [-0.25, -0.2) is 0 Å². The van der Waals surface area contributed by atoms with Gasteiger partial charge in [0.25, 0.3) is 0 Å². The molecule has 1 rings (SSSR count). The fourth-order valence-electron chi connectivity index (χ4n) is 1.99. The van der Waals surface area contributed by atoms with Gasteiger partial charge in [-0.15, -0.1) is 0 Å². The molecule has 1 saturated carbocycles. The van der Waals surface area contributed by atoms with Gasteiger partial charge in [0.1, 0.15) is 0 Å². The smallest absolute Gasteiger partial charge is 0.223 e. The zero-order chi connectivity index (χ0) is 10.6. The van der Waals surface area contributed by atoms with Crippen molar-refractivity contribution in [1.29, 1.82) is 0 Å². The highest BCUT2D eigenvalue weighted by Gasteiger charge is 2.24. The molecule has 82 valence electrons. The fourth-order valence-corrected chi connectivity index (χ4v) is 1.99. The van der Waals surface area contributed by atoms with Crippen molar-refractivity contribution >= 4 is 5.91 Å². The maximum Gasteiger partial charge on any atom is 0.223 e. The number of carbonyl (C=O) groups is 1. The van der Waals surface area contributed by atoms with Crippen molar-refractivity contribution in [3.8, 4) is 0 Å². The van der Waals surface area contributed by atoms with E-state index in [1.165, 1.54) is 12.8 Å². The number of hydrogen-bond acceptors (Lipinski definition) is 1. The van der Waals surface area contributed by atoms with Gasteiger partial charge in [0.2, 0.25) is 5.91 Å². The Kier molecular flexibility index (Phi) is 4.43. The Morgan fingerprint density at radius 2 is 1.93 bits per heavy atom.